The summed E-state index contributed by atoms with van der Waals surface area (Å²) < 4.78 is 26.2. The van der Waals surface area contributed by atoms with Crippen LogP contribution in [-0.4, -0.2) is 26.8 Å². The minimum absolute atomic E-state index is 0.127. The fourth-order valence-corrected chi connectivity index (χ4v) is 4.43. The lowest BCUT2D eigenvalue weighted by atomic mass is 10.1. The van der Waals surface area contributed by atoms with Gasteiger partial charge in [0, 0.05) is 4.88 Å². The number of nitrogens with zero attached hydrogens (tertiary/aromatic N) is 2. The Hall–Kier alpha value is -2.97. The Morgan fingerprint density at radius 3 is 2.45 bits per heavy atom. The molecule has 6 nitrogen and oxygen atoms in total. The topological polar surface area (TPSA) is 78.8 Å². The summed E-state index contributed by atoms with van der Waals surface area (Å²) in [6.45, 7) is 2.09. The van der Waals surface area contributed by atoms with Gasteiger partial charge in [0.15, 0.2) is 0 Å². The van der Waals surface area contributed by atoms with E-state index in [0.717, 1.165) is 22.3 Å². The number of anilines is 1. The van der Waals surface area contributed by atoms with Crippen molar-refractivity contribution in [1.82, 2.24) is 5.43 Å². The predicted molar refractivity (Wildman–Crippen MR) is 118 cm³/mol. The lowest BCUT2D eigenvalue weighted by Gasteiger charge is -2.24. The standard InChI is InChI=1S/C21H21N3O3S2/c1-16-12-13-28-20(16)14-22-23-21(25)18-10-6-7-11-19(18)24(29(2,26)27)15-17-8-4-3-5-9-17/h3-14H,15H2,1-2H3,(H,23,25)/b22-14+. The van der Waals surface area contributed by atoms with Crippen LogP contribution in [0.1, 0.15) is 26.4 Å². The first-order valence-electron chi connectivity index (χ1n) is 8.84. The molecular weight excluding hydrogens is 406 g/mol. The number of hydrogen-bond donors (Lipinski definition) is 1. The van der Waals surface area contributed by atoms with Gasteiger partial charge in [-0.1, -0.05) is 42.5 Å². The number of para-hydroxylation sites is 1. The van der Waals surface area contributed by atoms with Crippen molar-refractivity contribution in [3.63, 3.8) is 0 Å². The van der Waals surface area contributed by atoms with Crippen molar-refractivity contribution in [2.24, 2.45) is 5.10 Å². The zero-order valence-corrected chi connectivity index (χ0v) is 17.7. The van der Waals surface area contributed by atoms with Gasteiger partial charge in [0.05, 0.1) is 30.3 Å². The zero-order valence-electron chi connectivity index (χ0n) is 16.1. The minimum atomic E-state index is -3.62. The van der Waals surface area contributed by atoms with Crippen LogP contribution in [0.5, 0.6) is 0 Å². The second-order valence-electron chi connectivity index (χ2n) is 6.44. The van der Waals surface area contributed by atoms with Crippen molar-refractivity contribution in [2.45, 2.75) is 13.5 Å². The highest BCUT2D eigenvalue weighted by Gasteiger charge is 2.23. The number of thiophene rings is 1. The van der Waals surface area contributed by atoms with E-state index in [9.17, 15) is 13.2 Å². The Morgan fingerprint density at radius 1 is 1.10 bits per heavy atom. The molecular formula is C21H21N3O3S2. The van der Waals surface area contributed by atoms with E-state index in [-0.39, 0.29) is 12.1 Å². The maximum absolute atomic E-state index is 12.7. The first kappa shape index (κ1) is 20.8. The van der Waals surface area contributed by atoms with Crippen LogP contribution in [0, 0.1) is 6.92 Å². The quantitative estimate of drug-likeness (QED) is 0.460. The molecule has 0 fully saturated rings. The molecule has 0 atom stereocenters. The molecule has 3 aromatic rings. The lowest BCUT2D eigenvalue weighted by molar-refractivity contribution is 0.0956. The molecule has 2 aromatic carbocycles. The van der Waals surface area contributed by atoms with Crippen molar-refractivity contribution >= 4 is 39.2 Å². The van der Waals surface area contributed by atoms with Crippen molar-refractivity contribution in [3.8, 4) is 0 Å². The van der Waals surface area contributed by atoms with Crippen LogP contribution in [0.2, 0.25) is 0 Å². The molecule has 1 aromatic heterocycles. The Kier molecular flexibility index (Phi) is 6.46. The van der Waals surface area contributed by atoms with Crippen molar-refractivity contribution in [2.75, 3.05) is 10.6 Å². The molecule has 3 rings (SSSR count). The molecule has 0 saturated carbocycles. The molecule has 8 heteroatoms. The Balaban J connectivity index is 1.88. The number of nitrogens with one attached hydrogen (secondary N) is 1. The number of aryl methyl sites for hydroxylation is 1. The first-order chi connectivity index (χ1) is 13.9. The SMILES string of the molecule is Cc1ccsc1/C=N/NC(=O)c1ccccc1N(Cc1ccccc1)S(C)(=O)=O. The zero-order chi connectivity index (χ0) is 20.9. The fourth-order valence-electron chi connectivity index (χ4n) is 2.74. The number of amides is 1. The largest absolute Gasteiger partial charge is 0.273 e. The third-order valence-corrected chi connectivity index (χ3v) is 6.32. The Labute approximate surface area is 174 Å². The lowest BCUT2D eigenvalue weighted by Crippen LogP contribution is -2.32. The minimum Gasteiger partial charge on any atom is -0.267 e. The van der Waals surface area contributed by atoms with Crippen LogP contribution < -0.4 is 9.73 Å². The van der Waals surface area contributed by atoms with Gasteiger partial charge >= 0.3 is 0 Å². The van der Waals surface area contributed by atoms with E-state index >= 15 is 0 Å². The summed E-state index contributed by atoms with van der Waals surface area (Å²) in [5.74, 6) is -0.479. The summed E-state index contributed by atoms with van der Waals surface area (Å²) in [5, 5.41) is 5.96. The number of hydrogen-bond acceptors (Lipinski definition) is 5. The van der Waals surface area contributed by atoms with E-state index in [0.29, 0.717) is 5.69 Å². The van der Waals surface area contributed by atoms with E-state index in [4.69, 9.17) is 0 Å². The molecule has 0 bridgehead atoms. The molecule has 0 saturated heterocycles. The van der Waals surface area contributed by atoms with Gasteiger partial charge < -0.3 is 0 Å². The molecule has 0 spiro atoms. The Bertz CT molecular complexity index is 1120. The van der Waals surface area contributed by atoms with E-state index < -0.39 is 15.9 Å². The van der Waals surface area contributed by atoms with Crippen LogP contribution in [0.15, 0.2) is 71.1 Å². The number of carbonyl (C=O) groups is 1. The Morgan fingerprint density at radius 2 is 1.79 bits per heavy atom. The van der Waals surface area contributed by atoms with Crippen LogP contribution >= 0.6 is 11.3 Å². The van der Waals surface area contributed by atoms with Crippen LogP contribution in [0.25, 0.3) is 0 Å². The summed E-state index contributed by atoms with van der Waals surface area (Å²) in [6, 6.07) is 17.8. The van der Waals surface area contributed by atoms with E-state index in [2.05, 4.69) is 10.5 Å². The smallest absolute Gasteiger partial charge is 0.267 e. The van der Waals surface area contributed by atoms with E-state index in [1.807, 2.05) is 48.7 Å². The number of hydrazone groups is 1. The number of carbonyl (C=O) groups excluding carboxylic acids is 1. The molecule has 150 valence electrons. The molecule has 29 heavy (non-hydrogen) atoms. The molecule has 0 aliphatic carbocycles. The van der Waals surface area contributed by atoms with Gasteiger partial charge in [-0.05, 0) is 41.6 Å². The summed E-state index contributed by atoms with van der Waals surface area (Å²) in [7, 11) is -3.62. The van der Waals surface area contributed by atoms with Gasteiger partial charge in [-0.2, -0.15) is 5.10 Å². The normalized spacial score (nSPS) is 11.5. The van der Waals surface area contributed by atoms with Crippen LogP contribution in [-0.2, 0) is 16.6 Å². The molecule has 0 aliphatic heterocycles. The molecule has 1 amide bonds. The van der Waals surface area contributed by atoms with E-state index in [1.54, 1.807) is 30.5 Å². The second kappa shape index (κ2) is 9.02. The molecule has 1 N–H and O–H groups in total. The molecule has 0 radical (unpaired) electrons. The first-order valence-corrected chi connectivity index (χ1v) is 11.6. The number of sulfonamides is 1. The highest BCUT2D eigenvalue weighted by Crippen LogP contribution is 2.25. The van der Waals surface area contributed by atoms with Crippen molar-refractivity contribution in [3.05, 3.63) is 87.6 Å². The summed E-state index contributed by atoms with van der Waals surface area (Å²) >= 11 is 1.52. The third kappa shape index (κ3) is 5.30. The van der Waals surface area contributed by atoms with Gasteiger partial charge in [-0.3, -0.25) is 9.10 Å². The highest BCUT2D eigenvalue weighted by atomic mass is 32.2. The summed E-state index contributed by atoms with van der Waals surface area (Å²) in [6.07, 6.45) is 2.71. The highest BCUT2D eigenvalue weighted by molar-refractivity contribution is 7.92. The number of rotatable bonds is 7. The second-order valence-corrected chi connectivity index (χ2v) is 9.29. The third-order valence-electron chi connectivity index (χ3n) is 4.24. The predicted octanol–water partition coefficient (Wildman–Crippen LogP) is 3.79. The van der Waals surface area contributed by atoms with Gasteiger partial charge in [-0.15, -0.1) is 11.3 Å². The van der Waals surface area contributed by atoms with Crippen molar-refractivity contribution < 1.29 is 13.2 Å². The average Bonchev–Trinajstić information content (AvgIpc) is 3.11. The van der Waals surface area contributed by atoms with Gasteiger partial charge in [0.25, 0.3) is 5.91 Å². The monoisotopic (exact) mass is 427 g/mol. The van der Waals surface area contributed by atoms with Crippen molar-refractivity contribution in [1.29, 1.82) is 0 Å². The average molecular weight is 428 g/mol. The maximum atomic E-state index is 12.7. The van der Waals surface area contributed by atoms with Crippen LogP contribution in [0.3, 0.4) is 0 Å². The molecule has 1 heterocycles. The maximum Gasteiger partial charge on any atom is 0.273 e. The number of benzene rings is 2. The summed E-state index contributed by atoms with van der Waals surface area (Å²) in [5.41, 5.74) is 4.91. The van der Waals surface area contributed by atoms with E-state index in [1.165, 1.54) is 15.6 Å². The molecule has 0 unspecified atom stereocenters. The van der Waals surface area contributed by atoms with Gasteiger partial charge in [0.2, 0.25) is 10.0 Å². The van der Waals surface area contributed by atoms with Gasteiger partial charge in [-0.25, -0.2) is 13.8 Å². The fraction of sp³-hybridized carbons (Fsp3) is 0.143. The van der Waals surface area contributed by atoms with Gasteiger partial charge in [0.1, 0.15) is 0 Å². The van der Waals surface area contributed by atoms with Crippen LogP contribution in [0.4, 0.5) is 5.69 Å². The summed E-state index contributed by atoms with van der Waals surface area (Å²) in [4.78, 5) is 13.7. The molecule has 0 aliphatic rings.